The molecule has 3 heteroatoms. The summed E-state index contributed by atoms with van der Waals surface area (Å²) >= 11 is 0. The molecule has 102 valence electrons. The highest BCUT2D eigenvalue weighted by Crippen LogP contribution is 2.30. The Bertz CT molecular complexity index is 653. The second-order valence-corrected chi connectivity index (χ2v) is 5.54. The first kappa shape index (κ1) is 13.0. The normalized spacial score (nSPS) is 14.6. The maximum atomic E-state index is 6.12. The SMILES string of the molecule is C#CCN(Cc1cc(N)c2ccccc2n1)CC1CC1. The molecular weight excluding hydrogens is 246 g/mol. The van der Waals surface area contributed by atoms with Gasteiger partial charge in [-0.2, -0.15) is 0 Å². The van der Waals surface area contributed by atoms with E-state index in [9.17, 15) is 0 Å². The fourth-order valence-electron chi connectivity index (χ4n) is 2.55. The predicted octanol–water partition coefficient (Wildman–Crippen LogP) is 2.66. The molecule has 20 heavy (non-hydrogen) atoms. The summed E-state index contributed by atoms with van der Waals surface area (Å²) in [5, 5.41) is 1.02. The third kappa shape index (κ3) is 2.92. The van der Waals surface area contributed by atoms with Gasteiger partial charge in [0.2, 0.25) is 0 Å². The summed E-state index contributed by atoms with van der Waals surface area (Å²) in [6, 6.07) is 9.95. The van der Waals surface area contributed by atoms with E-state index < -0.39 is 0 Å². The van der Waals surface area contributed by atoms with Crippen LogP contribution in [0.25, 0.3) is 10.9 Å². The molecule has 1 aliphatic rings. The Morgan fingerprint density at radius 3 is 2.90 bits per heavy atom. The van der Waals surface area contributed by atoms with Gasteiger partial charge in [-0.25, -0.2) is 0 Å². The minimum atomic E-state index is 0.672. The lowest BCUT2D eigenvalue weighted by Crippen LogP contribution is -2.26. The Morgan fingerprint density at radius 2 is 2.15 bits per heavy atom. The monoisotopic (exact) mass is 265 g/mol. The summed E-state index contributed by atoms with van der Waals surface area (Å²) in [7, 11) is 0. The van der Waals surface area contributed by atoms with Crippen molar-refractivity contribution in [2.24, 2.45) is 5.92 Å². The summed E-state index contributed by atoms with van der Waals surface area (Å²) < 4.78 is 0. The quantitative estimate of drug-likeness (QED) is 0.845. The van der Waals surface area contributed by atoms with E-state index in [1.165, 1.54) is 12.8 Å². The van der Waals surface area contributed by atoms with E-state index >= 15 is 0 Å². The number of hydrogen-bond acceptors (Lipinski definition) is 3. The van der Waals surface area contributed by atoms with Crippen molar-refractivity contribution in [3.63, 3.8) is 0 Å². The van der Waals surface area contributed by atoms with E-state index in [-0.39, 0.29) is 0 Å². The number of nitrogen functional groups attached to an aromatic ring is 1. The molecule has 0 unspecified atom stereocenters. The van der Waals surface area contributed by atoms with E-state index in [1.807, 2.05) is 30.3 Å². The first-order valence-corrected chi connectivity index (χ1v) is 7.06. The fraction of sp³-hybridized carbons (Fsp3) is 0.353. The Kier molecular flexibility index (Phi) is 3.58. The number of fused-ring (bicyclic) bond motifs is 1. The Morgan fingerprint density at radius 1 is 1.35 bits per heavy atom. The van der Waals surface area contributed by atoms with Crippen molar-refractivity contribution < 1.29 is 0 Å². The summed E-state index contributed by atoms with van der Waals surface area (Å²) in [4.78, 5) is 6.98. The van der Waals surface area contributed by atoms with E-state index in [0.717, 1.165) is 41.3 Å². The van der Waals surface area contributed by atoms with E-state index in [1.54, 1.807) is 0 Å². The zero-order chi connectivity index (χ0) is 13.9. The smallest absolute Gasteiger partial charge is 0.0726 e. The van der Waals surface area contributed by atoms with Crippen molar-refractivity contribution >= 4 is 16.6 Å². The van der Waals surface area contributed by atoms with Gasteiger partial charge in [0.25, 0.3) is 0 Å². The zero-order valence-corrected chi connectivity index (χ0v) is 11.5. The summed E-state index contributed by atoms with van der Waals surface area (Å²) in [6.07, 6.45) is 8.12. The van der Waals surface area contributed by atoms with Crippen LogP contribution in [0.4, 0.5) is 5.69 Å². The van der Waals surface area contributed by atoms with Crippen LogP contribution in [-0.4, -0.2) is 23.0 Å². The number of para-hydroxylation sites is 1. The third-order valence-electron chi connectivity index (χ3n) is 3.72. The topological polar surface area (TPSA) is 42.1 Å². The molecular formula is C17H19N3. The van der Waals surface area contributed by atoms with Gasteiger partial charge in [-0.1, -0.05) is 24.1 Å². The Balaban J connectivity index is 1.83. The number of terminal acetylenes is 1. The molecule has 1 saturated carbocycles. The predicted molar refractivity (Wildman–Crippen MR) is 83.0 cm³/mol. The van der Waals surface area contributed by atoms with Crippen molar-refractivity contribution in [3.8, 4) is 12.3 Å². The van der Waals surface area contributed by atoms with Gasteiger partial charge in [0.05, 0.1) is 17.8 Å². The molecule has 0 saturated heterocycles. The van der Waals surface area contributed by atoms with Crippen molar-refractivity contribution in [2.45, 2.75) is 19.4 Å². The van der Waals surface area contributed by atoms with Crippen LogP contribution in [-0.2, 0) is 6.54 Å². The minimum Gasteiger partial charge on any atom is -0.398 e. The molecule has 0 bridgehead atoms. The highest BCUT2D eigenvalue weighted by molar-refractivity contribution is 5.90. The number of benzene rings is 1. The Hall–Kier alpha value is -2.05. The van der Waals surface area contributed by atoms with Gasteiger partial charge >= 0.3 is 0 Å². The average Bonchev–Trinajstić information content (AvgIpc) is 3.23. The molecule has 0 spiro atoms. The molecule has 1 fully saturated rings. The van der Waals surface area contributed by atoms with Gasteiger partial charge in [-0.05, 0) is 30.9 Å². The first-order chi connectivity index (χ1) is 9.76. The molecule has 0 radical (unpaired) electrons. The molecule has 2 aromatic rings. The maximum Gasteiger partial charge on any atom is 0.0726 e. The van der Waals surface area contributed by atoms with Crippen molar-refractivity contribution in [2.75, 3.05) is 18.8 Å². The number of nitrogens with two attached hydrogens (primary N) is 1. The minimum absolute atomic E-state index is 0.672. The van der Waals surface area contributed by atoms with Crippen LogP contribution < -0.4 is 5.73 Å². The van der Waals surface area contributed by atoms with Crippen LogP contribution in [0.1, 0.15) is 18.5 Å². The van der Waals surface area contributed by atoms with Gasteiger partial charge in [0.1, 0.15) is 0 Å². The average molecular weight is 265 g/mol. The molecule has 0 aliphatic heterocycles. The lowest BCUT2D eigenvalue weighted by Gasteiger charge is -2.19. The standard InChI is InChI=1S/C17H19N3/c1-2-9-20(11-13-7-8-13)12-14-10-16(18)15-5-3-4-6-17(15)19-14/h1,3-6,10,13H,7-9,11-12H2,(H2,18,19). The van der Waals surface area contributed by atoms with Gasteiger partial charge in [0.15, 0.2) is 0 Å². The number of hydrogen-bond donors (Lipinski definition) is 1. The highest BCUT2D eigenvalue weighted by Gasteiger charge is 2.24. The molecule has 1 heterocycles. The number of rotatable bonds is 5. The highest BCUT2D eigenvalue weighted by atomic mass is 15.1. The van der Waals surface area contributed by atoms with E-state index in [0.29, 0.717) is 6.54 Å². The van der Waals surface area contributed by atoms with Crippen LogP contribution >= 0.6 is 0 Å². The molecule has 3 rings (SSSR count). The Labute approximate surface area is 119 Å². The molecule has 1 aromatic heterocycles. The molecule has 1 aromatic carbocycles. The van der Waals surface area contributed by atoms with Crippen LogP contribution in [0.2, 0.25) is 0 Å². The van der Waals surface area contributed by atoms with Crippen LogP contribution in [0, 0.1) is 18.3 Å². The lowest BCUT2D eigenvalue weighted by molar-refractivity contribution is 0.283. The van der Waals surface area contributed by atoms with Crippen LogP contribution in [0.15, 0.2) is 30.3 Å². The number of pyridine rings is 1. The lowest BCUT2D eigenvalue weighted by atomic mass is 10.1. The van der Waals surface area contributed by atoms with E-state index in [4.69, 9.17) is 17.1 Å². The van der Waals surface area contributed by atoms with Crippen molar-refractivity contribution in [3.05, 3.63) is 36.0 Å². The molecule has 3 nitrogen and oxygen atoms in total. The largest absolute Gasteiger partial charge is 0.398 e. The van der Waals surface area contributed by atoms with E-state index in [2.05, 4.69) is 10.8 Å². The van der Waals surface area contributed by atoms with Crippen molar-refractivity contribution in [1.29, 1.82) is 0 Å². The maximum absolute atomic E-state index is 6.12. The van der Waals surface area contributed by atoms with Gasteiger partial charge in [-0.3, -0.25) is 9.88 Å². The summed E-state index contributed by atoms with van der Waals surface area (Å²) in [5.74, 6) is 3.56. The van der Waals surface area contributed by atoms with Crippen molar-refractivity contribution in [1.82, 2.24) is 9.88 Å². The van der Waals surface area contributed by atoms with Crippen LogP contribution in [0.5, 0.6) is 0 Å². The second kappa shape index (κ2) is 5.52. The summed E-state index contributed by atoms with van der Waals surface area (Å²) in [6.45, 7) is 2.51. The van der Waals surface area contributed by atoms with Gasteiger partial charge < -0.3 is 5.73 Å². The molecule has 1 aliphatic carbocycles. The summed E-state index contributed by atoms with van der Waals surface area (Å²) in [5.41, 5.74) is 8.86. The number of nitrogens with zero attached hydrogens (tertiary/aromatic N) is 2. The number of aromatic nitrogens is 1. The molecule has 2 N–H and O–H groups in total. The van der Waals surface area contributed by atoms with Crippen LogP contribution in [0.3, 0.4) is 0 Å². The number of anilines is 1. The zero-order valence-electron chi connectivity index (χ0n) is 11.5. The van der Waals surface area contributed by atoms with Gasteiger partial charge in [-0.15, -0.1) is 6.42 Å². The first-order valence-electron chi connectivity index (χ1n) is 7.06. The van der Waals surface area contributed by atoms with Gasteiger partial charge in [0, 0.05) is 24.2 Å². The molecule has 0 atom stereocenters. The fourth-order valence-corrected chi connectivity index (χ4v) is 2.55. The molecule has 0 amide bonds. The second-order valence-electron chi connectivity index (χ2n) is 5.54. The third-order valence-corrected chi connectivity index (χ3v) is 3.72.